The van der Waals surface area contributed by atoms with Gasteiger partial charge in [-0.05, 0) is 30.0 Å². The van der Waals surface area contributed by atoms with E-state index in [0.29, 0.717) is 17.9 Å². The van der Waals surface area contributed by atoms with E-state index in [1.165, 1.54) is 12.1 Å². The van der Waals surface area contributed by atoms with E-state index in [0.717, 1.165) is 12.5 Å². The van der Waals surface area contributed by atoms with Crippen molar-refractivity contribution >= 4 is 0 Å². The van der Waals surface area contributed by atoms with Crippen LogP contribution in [0, 0.1) is 17.6 Å². The fourth-order valence-corrected chi connectivity index (χ4v) is 1.69. The van der Waals surface area contributed by atoms with Gasteiger partial charge in [0.25, 0.3) is 0 Å². The van der Waals surface area contributed by atoms with E-state index >= 15 is 0 Å². The Labute approximate surface area is 94.8 Å². The van der Waals surface area contributed by atoms with Gasteiger partial charge in [-0.2, -0.15) is 0 Å². The number of halogens is 2. The van der Waals surface area contributed by atoms with Crippen molar-refractivity contribution in [2.24, 2.45) is 11.8 Å². The number of hydrogen-bond acceptors (Lipinski definition) is 2. The standard InChI is InChI=1S/C12H18F2N2/c1-3-8(2)12(16-15)6-9-4-10(13)7-11(14)5-9/h4-5,7-8,12,16H,3,6,15H2,1-2H3. The number of hydrogen-bond donors (Lipinski definition) is 2. The second-order valence-corrected chi connectivity index (χ2v) is 4.14. The van der Waals surface area contributed by atoms with Crippen LogP contribution >= 0.6 is 0 Å². The van der Waals surface area contributed by atoms with Crippen molar-refractivity contribution in [3.05, 3.63) is 35.4 Å². The minimum absolute atomic E-state index is 0.0335. The molecule has 2 unspecified atom stereocenters. The molecule has 0 radical (unpaired) electrons. The summed E-state index contributed by atoms with van der Waals surface area (Å²) in [7, 11) is 0. The Hall–Kier alpha value is -1.00. The fourth-order valence-electron chi connectivity index (χ4n) is 1.69. The molecule has 0 bridgehead atoms. The predicted molar refractivity (Wildman–Crippen MR) is 60.6 cm³/mol. The van der Waals surface area contributed by atoms with Crippen molar-refractivity contribution in [1.82, 2.24) is 5.43 Å². The first kappa shape index (κ1) is 13.1. The van der Waals surface area contributed by atoms with Crippen LogP contribution in [0.4, 0.5) is 8.78 Å². The lowest BCUT2D eigenvalue weighted by atomic mass is 9.93. The minimum atomic E-state index is -0.546. The summed E-state index contributed by atoms with van der Waals surface area (Å²) in [5, 5.41) is 0. The van der Waals surface area contributed by atoms with E-state index in [1.807, 2.05) is 0 Å². The maximum atomic E-state index is 13.0. The van der Waals surface area contributed by atoms with Crippen molar-refractivity contribution in [2.45, 2.75) is 32.7 Å². The molecule has 1 aromatic rings. The fraction of sp³-hybridized carbons (Fsp3) is 0.500. The zero-order chi connectivity index (χ0) is 12.1. The van der Waals surface area contributed by atoms with Crippen LogP contribution in [0.1, 0.15) is 25.8 Å². The predicted octanol–water partition coefficient (Wildman–Crippen LogP) is 2.39. The second kappa shape index (κ2) is 5.92. The Bertz CT molecular complexity index is 322. The Morgan fingerprint density at radius 1 is 1.25 bits per heavy atom. The summed E-state index contributed by atoms with van der Waals surface area (Å²) in [5.41, 5.74) is 3.32. The average molecular weight is 228 g/mol. The number of nitrogens with one attached hydrogen (secondary N) is 1. The van der Waals surface area contributed by atoms with Crippen LogP contribution in [0.15, 0.2) is 18.2 Å². The first-order chi connectivity index (χ1) is 7.56. The third-order valence-corrected chi connectivity index (χ3v) is 2.92. The van der Waals surface area contributed by atoms with Crippen LogP contribution in [-0.2, 0) is 6.42 Å². The third kappa shape index (κ3) is 3.54. The number of nitrogens with two attached hydrogens (primary N) is 1. The maximum Gasteiger partial charge on any atom is 0.126 e. The lowest BCUT2D eigenvalue weighted by Crippen LogP contribution is -2.41. The van der Waals surface area contributed by atoms with Gasteiger partial charge in [0.15, 0.2) is 0 Å². The Morgan fingerprint density at radius 2 is 1.81 bits per heavy atom. The monoisotopic (exact) mass is 228 g/mol. The molecule has 1 aromatic carbocycles. The normalized spacial score (nSPS) is 14.8. The van der Waals surface area contributed by atoms with Crippen molar-refractivity contribution in [3.63, 3.8) is 0 Å². The zero-order valence-corrected chi connectivity index (χ0v) is 9.63. The maximum absolute atomic E-state index is 13.0. The SMILES string of the molecule is CCC(C)C(Cc1cc(F)cc(F)c1)NN. The van der Waals surface area contributed by atoms with E-state index in [1.54, 1.807) is 0 Å². The van der Waals surface area contributed by atoms with Gasteiger partial charge in [0, 0.05) is 12.1 Å². The van der Waals surface area contributed by atoms with Gasteiger partial charge in [0.05, 0.1) is 0 Å². The van der Waals surface area contributed by atoms with Gasteiger partial charge < -0.3 is 0 Å². The van der Waals surface area contributed by atoms with Crippen LogP contribution in [0.25, 0.3) is 0 Å². The summed E-state index contributed by atoms with van der Waals surface area (Å²) >= 11 is 0. The lowest BCUT2D eigenvalue weighted by Gasteiger charge is -2.22. The summed E-state index contributed by atoms with van der Waals surface area (Å²) in [4.78, 5) is 0. The van der Waals surface area contributed by atoms with Crippen LogP contribution in [-0.4, -0.2) is 6.04 Å². The first-order valence-corrected chi connectivity index (χ1v) is 5.48. The Morgan fingerprint density at radius 3 is 2.25 bits per heavy atom. The van der Waals surface area contributed by atoms with Crippen molar-refractivity contribution < 1.29 is 8.78 Å². The van der Waals surface area contributed by atoms with Crippen molar-refractivity contribution in [1.29, 1.82) is 0 Å². The summed E-state index contributed by atoms with van der Waals surface area (Å²) < 4.78 is 25.9. The molecule has 0 aliphatic heterocycles. The molecule has 0 saturated carbocycles. The van der Waals surface area contributed by atoms with Gasteiger partial charge in [0.1, 0.15) is 11.6 Å². The highest BCUT2D eigenvalue weighted by Crippen LogP contribution is 2.15. The van der Waals surface area contributed by atoms with Crippen LogP contribution in [0.3, 0.4) is 0 Å². The highest BCUT2D eigenvalue weighted by atomic mass is 19.1. The molecule has 0 heterocycles. The summed E-state index contributed by atoms with van der Waals surface area (Å²) in [6, 6.07) is 3.59. The highest BCUT2D eigenvalue weighted by Gasteiger charge is 2.15. The molecule has 0 amide bonds. The first-order valence-electron chi connectivity index (χ1n) is 5.48. The molecule has 90 valence electrons. The van der Waals surface area contributed by atoms with Gasteiger partial charge >= 0.3 is 0 Å². The van der Waals surface area contributed by atoms with Crippen molar-refractivity contribution in [2.75, 3.05) is 0 Å². The smallest absolute Gasteiger partial charge is 0.126 e. The number of hydrazine groups is 1. The van der Waals surface area contributed by atoms with Gasteiger partial charge in [0.2, 0.25) is 0 Å². The molecule has 2 atom stereocenters. The van der Waals surface area contributed by atoms with Gasteiger partial charge in [-0.25, -0.2) is 8.78 Å². The van der Waals surface area contributed by atoms with E-state index in [4.69, 9.17) is 5.84 Å². The van der Waals surface area contributed by atoms with Crippen LogP contribution < -0.4 is 11.3 Å². The lowest BCUT2D eigenvalue weighted by molar-refractivity contribution is 0.369. The average Bonchev–Trinajstić information content (AvgIpc) is 2.23. The van der Waals surface area contributed by atoms with Crippen molar-refractivity contribution in [3.8, 4) is 0 Å². The van der Waals surface area contributed by atoms with E-state index < -0.39 is 11.6 Å². The molecular weight excluding hydrogens is 210 g/mol. The van der Waals surface area contributed by atoms with Crippen LogP contribution in [0.5, 0.6) is 0 Å². The quantitative estimate of drug-likeness (QED) is 0.600. The van der Waals surface area contributed by atoms with Gasteiger partial charge in [-0.1, -0.05) is 20.3 Å². The molecule has 2 nitrogen and oxygen atoms in total. The highest BCUT2D eigenvalue weighted by molar-refractivity contribution is 5.19. The number of rotatable bonds is 5. The van der Waals surface area contributed by atoms with Crippen LogP contribution in [0.2, 0.25) is 0 Å². The Kier molecular flexibility index (Phi) is 4.83. The molecule has 3 N–H and O–H groups in total. The molecule has 1 rings (SSSR count). The summed E-state index contributed by atoms with van der Waals surface area (Å²) in [5.74, 6) is 4.70. The topological polar surface area (TPSA) is 38.0 Å². The molecular formula is C12H18F2N2. The zero-order valence-electron chi connectivity index (χ0n) is 9.63. The summed E-state index contributed by atoms with van der Waals surface area (Å²) in [6.45, 7) is 4.11. The molecule has 0 spiro atoms. The number of benzene rings is 1. The Balaban J connectivity index is 2.77. The van der Waals surface area contributed by atoms with E-state index in [-0.39, 0.29) is 6.04 Å². The molecule has 0 aliphatic rings. The molecule has 0 fully saturated rings. The largest absolute Gasteiger partial charge is 0.271 e. The van der Waals surface area contributed by atoms with Gasteiger partial charge in [-0.3, -0.25) is 11.3 Å². The van der Waals surface area contributed by atoms with Gasteiger partial charge in [-0.15, -0.1) is 0 Å². The third-order valence-electron chi connectivity index (χ3n) is 2.92. The van der Waals surface area contributed by atoms with E-state index in [2.05, 4.69) is 19.3 Å². The molecule has 16 heavy (non-hydrogen) atoms. The molecule has 4 heteroatoms. The molecule has 0 aliphatic carbocycles. The second-order valence-electron chi connectivity index (χ2n) is 4.14. The summed E-state index contributed by atoms with van der Waals surface area (Å²) in [6.07, 6.45) is 1.49. The molecule has 0 aromatic heterocycles. The molecule has 0 saturated heterocycles. The minimum Gasteiger partial charge on any atom is -0.271 e. The van der Waals surface area contributed by atoms with E-state index in [9.17, 15) is 8.78 Å².